The van der Waals surface area contributed by atoms with Crippen LogP contribution in [0.1, 0.15) is 85.5 Å². The third-order valence-electron chi connectivity index (χ3n) is 11.8. The van der Waals surface area contributed by atoms with Gasteiger partial charge >= 0.3 is 0 Å². The summed E-state index contributed by atoms with van der Waals surface area (Å²) >= 11 is 0. The molecule has 11 atom stereocenters. The first-order chi connectivity index (χ1) is 18.4. The van der Waals surface area contributed by atoms with Crippen LogP contribution in [-0.4, -0.2) is 45.4 Å². The summed E-state index contributed by atoms with van der Waals surface area (Å²) in [7, 11) is 0. The zero-order valence-electron chi connectivity index (χ0n) is 24.0. The van der Waals surface area contributed by atoms with Gasteiger partial charge in [-0.05, 0) is 122 Å². The molecule has 4 saturated carbocycles. The number of fused-ring (bicyclic) bond motifs is 5. The molecule has 0 bridgehead atoms. The maximum absolute atomic E-state index is 12.8. The number of hydrogen-bond acceptors (Lipinski definition) is 5. The Hall–Kier alpha value is -1.96. The molecule has 7 heteroatoms. The van der Waals surface area contributed by atoms with E-state index in [0.717, 1.165) is 51.4 Å². The second-order valence-electron chi connectivity index (χ2n) is 13.8. The number of carbonyl (C=O) groups excluding carboxylic acids is 2. The Morgan fingerprint density at radius 1 is 0.949 bits per heavy atom. The van der Waals surface area contributed by atoms with E-state index in [9.17, 15) is 24.9 Å². The summed E-state index contributed by atoms with van der Waals surface area (Å²) in [5.74, 6) is 1.55. The molecule has 39 heavy (non-hydrogen) atoms. The fourth-order valence-electron chi connectivity index (χ4n) is 9.76. The maximum Gasteiger partial charge on any atom is 0.224 e. The van der Waals surface area contributed by atoms with E-state index in [1.807, 2.05) is 0 Å². The Balaban J connectivity index is 1.23. The summed E-state index contributed by atoms with van der Waals surface area (Å²) in [5, 5.41) is 39.2. The predicted molar refractivity (Wildman–Crippen MR) is 152 cm³/mol. The predicted octanol–water partition coefficient (Wildman–Crippen LogP) is 4.96. The van der Waals surface area contributed by atoms with Gasteiger partial charge < -0.3 is 26.0 Å². The zero-order valence-corrected chi connectivity index (χ0v) is 24.0. The van der Waals surface area contributed by atoms with Crippen LogP contribution in [-0.2, 0) is 9.59 Å². The summed E-state index contributed by atoms with van der Waals surface area (Å²) in [4.78, 5) is 24.0. The summed E-state index contributed by atoms with van der Waals surface area (Å²) in [6.45, 7) is 8.31. The molecular formula is C32H48N2O5. The summed E-state index contributed by atoms with van der Waals surface area (Å²) in [5.41, 5.74) is 1.22. The number of aliphatic hydroxyl groups excluding tert-OH is 3. The number of anilines is 2. The van der Waals surface area contributed by atoms with Crippen LogP contribution in [0.15, 0.2) is 24.3 Å². The molecule has 4 aliphatic rings. The highest BCUT2D eigenvalue weighted by molar-refractivity contribution is 5.92. The number of benzene rings is 1. The molecule has 0 unspecified atom stereocenters. The lowest BCUT2D eigenvalue weighted by molar-refractivity contribution is -0.207. The van der Waals surface area contributed by atoms with E-state index in [1.54, 1.807) is 24.3 Å². The van der Waals surface area contributed by atoms with Crippen molar-refractivity contribution in [1.82, 2.24) is 0 Å². The molecule has 0 saturated heterocycles. The molecule has 0 aromatic heterocycles. The molecule has 7 nitrogen and oxygen atoms in total. The minimum atomic E-state index is -0.413. The lowest BCUT2D eigenvalue weighted by Crippen LogP contribution is -2.62. The van der Waals surface area contributed by atoms with Gasteiger partial charge in [-0.1, -0.05) is 20.8 Å². The van der Waals surface area contributed by atoms with Crippen molar-refractivity contribution in [3.63, 3.8) is 0 Å². The Labute approximate surface area is 233 Å². The quantitative estimate of drug-likeness (QED) is 0.349. The monoisotopic (exact) mass is 540 g/mol. The SMILES string of the molecule is CC(=O)Nc1ccc(NC(=O)CC[C@@H](C)[C@H]2CC[C@H]3[C@@H]4[C@H](O)C[C@@H]5C[C@H](O)CC[C@]5(C)[C@H]4C[C@H](O)[C@]23C)cc1. The van der Waals surface area contributed by atoms with Gasteiger partial charge in [0, 0.05) is 24.7 Å². The molecule has 1 aromatic carbocycles. The largest absolute Gasteiger partial charge is 0.393 e. The standard InChI is InChI=1S/C32H48N2O5/c1-18(5-12-29(39)34-22-8-6-21(7-9-22)33-19(2)35)24-10-11-25-30-26(17-28(38)32(24,25)4)31(3)14-13-23(36)15-20(31)16-27(30)37/h6-9,18,20,23-28,30,36-38H,5,10-17H2,1-4H3,(H,33,35)(H,34,39)/t18-,20+,23-,24-,25+,26+,27-,28+,30+,31+,32-/m1/s1. The van der Waals surface area contributed by atoms with Gasteiger partial charge in [-0.2, -0.15) is 0 Å². The lowest BCUT2D eigenvalue weighted by atomic mass is 9.43. The highest BCUT2D eigenvalue weighted by Crippen LogP contribution is 2.68. The van der Waals surface area contributed by atoms with Gasteiger partial charge in [0.15, 0.2) is 0 Å². The first kappa shape index (κ1) is 28.6. The van der Waals surface area contributed by atoms with Crippen LogP contribution >= 0.6 is 0 Å². The van der Waals surface area contributed by atoms with E-state index < -0.39 is 6.10 Å². The minimum absolute atomic E-state index is 0.0285. The normalized spacial score (nSPS) is 42.0. The average molecular weight is 541 g/mol. The summed E-state index contributed by atoms with van der Waals surface area (Å²) in [6, 6.07) is 7.12. The molecule has 5 N–H and O–H groups in total. The fraction of sp³-hybridized carbons (Fsp3) is 0.750. The van der Waals surface area contributed by atoms with Crippen LogP contribution in [0.25, 0.3) is 0 Å². The Kier molecular flexibility index (Phi) is 7.90. The molecule has 0 spiro atoms. The van der Waals surface area contributed by atoms with Crippen LogP contribution in [0.4, 0.5) is 11.4 Å². The lowest BCUT2D eigenvalue weighted by Gasteiger charge is -2.63. The average Bonchev–Trinajstić information content (AvgIpc) is 3.23. The van der Waals surface area contributed by atoms with Crippen LogP contribution in [0.5, 0.6) is 0 Å². The van der Waals surface area contributed by atoms with Gasteiger partial charge in [0.1, 0.15) is 0 Å². The molecule has 2 amide bonds. The number of carbonyl (C=O) groups is 2. The van der Waals surface area contributed by atoms with Gasteiger partial charge in [-0.3, -0.25) is 9.59 Å². The zero-order chi connectivity index (χ0) is 28.1. The smallest absolute Gasteiger partial charge is 0.224 e. The van der Waals surface area contributed by atoms with Crippen LogP contribution < -0.4 is 10.6 Å². The van der Waals surface area contributed by atoms with Crippen molar-refractivity contribution in [2.24, 2.45) is 46.3 Å². The van der Waals surface area contributed by atoms with Gasteiger partial charge in [-0.15, -0.1) is 0 Å². The fourth-order valence-corrected chi connectivity index (χ4v) is 9.76. The van der Waals surface area contributed by atoms with Crippen LogP contribution in [0.3, 0.4) is 0 Å². The number of amides is 2. The van der Waals surface area contributed by atoms with E-state index >= 15 is 0 Å². The summed E-state index contributed by atoms with van der Waals surface area (Å²) in [6.07, 6.45) is 6.26. The maximum atomic E-state index is 12.8. The van der Waals surface area contributed by atoms with Gasteiger partial charge in [-0.25, -0.2) is 0 Å². The first-order valence-electron chi connectivity index (χ1n) is 15.1. The van der Waals surface area contributed by atoms with Crippen molar-refractivity contribution >= 4 is 23.2 Å². The first-order valence-corrected chi connectivity index (χ1v) is 15.1. The van der Waals surface area contributed by atoms with Gasteiger partial charge in [0.2, 0.25) is 11.8 Å². The molecular weight excluding hydrogens is 492 g/mol. The van der Waals surface area contributed by atoms with Crippen LogP contribution in [0, 0.1) is 46.3 Å². The number of rotatable bonds is 6. The third kappa shape index (κ3) is 5.15. The minimum Gasteiger partial charge on any atom is -0.393 e. The molecule has 0 heterocycles. The molecule has 216 valence electrons. The van der Waals surface area contributed by atoms with Crippen molar-refractivity contribution in [2.45, 2.75) is 104 Å². The topological polar surface area (TPSA) is 119 Å². The Morgan fingerprint density at radius 2 is 1.62 bits per heavy atom. The third-order valence-corrected chi connectivity index (χ3v) is 11.8. The van der Waals surface area contributed by atoms with Crippen molar-refractivity contribution in [2.75, 3.05) is 10.6 Å². The Bertz CT molecular complexity index is 1060. The molecule has 4 fully saturated rings. The highest BCUT2D eigenvalue weighted by atomic mass is 16.3. The number of nitrogens with one attached hydrogen (secondary N) is 2. The Morgan fingerprint density at radius 3 is 2.28 bits per heavy atom. The van der Waals surface area contributed by atoms with E-state index in [2.05, 4.69) is 31.4 Å². The van der Waals surface area contributed by atoms with Crippen molar-refractivity contribution in [3.8, 4) is 0 Å². The van der Waals surface area contributed by atoms with E-state index in [4.69, 9.17) is 0 Å². The van der Waals surface area contributed by atoms with Crippen LogP contribution in [0.2, 0.25) is 0 Å². The van der Waals surface area contributed by atoms with Crippen molar-refractivity contribution in [1.29, 1.82) is 0 Å². The van der Waals surface area contributed by atoms with Gasteiger partial charge in [0.05, 0.1) is 18.3 Å². The molecule has 0 aliphatic heterocycles. The molecule has 4 aliphatic carbocycles. The molecule has 1 aromatic rings. The second kappa shape index (κ2) is 10.8. The molecule has 5 rings (SSSR count). The van der Waals surface area contributed by atoms with Crippen molar-refractivity contribution in [3.05, 3.63) is 24.3 Å². The van der Waals surface area contributed by atoms with Gasteiger partial charge in [0.25, 0.3) is 0 Å². The van der Waals surface area contributed by atoms with Crippen molar-refractivity contribution < 1.29 is 24.9 Å². The highest BCUT2D eigenvalue weighted by Gasteiger charge is 2.65. The number of hydrogen-bond donors (Lipinski definition) is 5. The molecule has 0 radical (unpaired) electrons. The summed E-state index contributed by atoms with van der Waals surface area (Å²) < 4.78 is 0. The van der Waals surface area contributed by atoms with E-state index in [-0.39, 0.29) is 52.6 Å². The number of aliphatic hydroxyl groups is 3. The van der Waals surface area contributed by atoms with E-state index in [0.29, 0.717) is 35.5 Å². The van der Waals surface area contributed by atoms with E-state index in [1.165, 1.54) is 6.92 Å². The second-order valence-corrected chi connectivity index (χ2v) is 13.8.